The predicted molar refractivity (Wildman–Crippen MR) is 101 cm³/mol. The Hall–Kier alpha value is -2.11. The predicted octanol–water partition coefficient (Wildman–Crippen LogP) is 4.28. The molecule has 0 fully saturated rings. The summed E-state index contributed by atoms with van der Waals surface area (Å²) < 4.78 is 0. The van der Waals surface area contributed by atoms with Gasteiger partial charge in [0.2, 0.25) is 0 Å². The summed E-state index contributed by atoms with van der Waals surface area (Å²) in [4.78, 5) is 17.6. The molecule has 0 amide bonds. The van der Waals surface area contributed by atoms with Crippen LogP contribution in [-0.4, -0.2) is 26.4 Å². The highest BCUT2D eigenvalue weighted by Gasteiger charge is 2.20. The summed E-state index contributed by atoms with van der Waals surface area (Å²) in [7, 11) is 0. The van der Waals surface area contributed by atoms with Crippen molar-refractivity contribution in [3.8, 4) is 10.6 Å². The third kappa shape index (κ3) is 3.62. The van der Waals surface area contributed by atoms with Crippen LogP contribution in [0.5, 0.6) is 0 Å². The van der Waals surface area contributed by atoms with Crippen LogP contribution in [0.1, 0.15) is 41.7 Å². The minimum atomic E-state index is 0.386. The molecule has 0 atom stereocenters. The number of hydrogen-bond acceptors (Lipinski definition) is 5. The summed E-state index contributed by atoms with van der Waals surface area (Å²) in [6, 6.07) is 10.4. The van der Waals surface area contributed by atoms with Gasteiger partial charge in [-0.25, -0.2) is 15.0 Å². The van der Waals surface area contributed by atoms with Crippen molar-refractivity contribution < 1.29 is 0 Å². The molecule has 128 valence electrons. The molecular formula is C20H22N4S. The van der Waals surface area contributed by atoms with Gasteiger partial charge < -0.3 is 0 Å². The van der Waals surface area contributed by atoms with Gasteiger partial charge in [0.05, 0.1) is 0 Å². The smallest absolute Gasteiger partial charge is 0.131 e. The standard InChI is InChI=1S/C20H22N4S/c1-14(2)19-21-10-16-12-24(9-8-18(16)23-19)13-17-11-22-20(25-17)15-6-4-3-5-7-15/h3-7,10-11,14H,8-9,12-13H2,1-2H3. The fourth-order valence-electron chi connectivity index (χ4n) is 3.12. The van der Waals surface area contributed by atoms with E-state index in [0.29, 0.717) is 5.92 Å². The van der Waals surface area contributed by atoms with E-state index in [1.54, 1.807) is 11.3 Å². The molecule has 4 nitrogen and oxygen atoms in total. The Balaban J connectivity index is 1.45. The van der Waals surface area contributed by atoms with Crippen molar-refractivity contribution in [1.82, 2.24) is 19.9 Å². The van der Waals surface area contributed by atoms with Crippen molar-refractivity contribution in [3.63, 3.8) is 0 Å². The van der Waals surface area contributed by atoms with E-state index in [0.717, 1.165) is 36.9 Å². The first kappa shape index (κ1) is 16.4. The maximum absolute atomic E-state index is 4.75. The molecule has 1 aliphatic heterocycles. The molecule has 0 N–H and O–H groups in total. The Kier molecular flexibility index (Phi) is 4.59. The first-order valence-corrected chi connectivity index (χ1v) is 9.58. The van der Waals surface area contributed by atoms with E-state index in [1.165, 1.54) is 21.7 Å². The van der Waals surface area contributed by atoms with Crippen LogP contribution in [0.2, 0.25) is 0 Å². The number of hydrogen-bond donors (Lipinski definition) is 0. The highest BCUT2D eigenvalue weighted by Crippen LogP contribution is 2.27. The monoisotopic (exact) mass is 350 g/mol. The molecule has 1 aromatic carbocycles. The van der Waals surface area contributed by atoms with Crippen molar-refractivity contribution in [2.75, 3.05) is 6.54 Å². The minimum Gasteiger partial charge on any atom is -0.293 e. The summed E-state index contributed by atoms with van der Waals surface area (Å²) in [5.41, 5.74) is 3.69. The van der Waals surface area contributed by atoms with Gasteiger partial charge in [-0.15, -0.1) is 11.3 Å². The number of nitrogens with zero attached hydrogens (tertiary/aromatic N) is 4. The lowest BCUT2D eigenvalue weighted by Gasteiger charge is -2.27. The van der Waals surface area contributed by atoms with Gasteiger partial charge in [0.25, 0.3) is 0 Å². The van der Waals surface area contributed by atoms with E-state index >= 15 is 0 Å². The van der Waals surface area contributed by atoms with E-state index in [9.17, 15) is 0 Å². The Bertz CT molecular complexity index is 857. The number of thiazole rings is 1. The molecule has 0 saturated carbocycles. The molecule has 0 radical (unpaired) electrons. The van der Waals surface area contributed by atoms with Gasteiger partial charge in [-0.05, 0) is 0 Å². The second-order valence-corrected chi connectivity index (χ2v) is 7.93. The molecule has 3 heterocycles. The van der Waals surface area contributed by atoms with Gasteiger partial charge in [0, 0.05) is 66.1 Å². The average molecular weight is 350 g/mol. The van der Waals surface area contributed by atoms with E-state index < -0.39 is 0 Å². The van der Waals surface area contributed by atoms with Gasteiger partial charge >= 0.3 is 0 Å². The van der Waals surface area contributed by atoms with Crippen LogP contribution in [0.4, 0.5) is 0 Å². The Labute approximate surface area is 152 Å². The van der Waals surface area contributed by atoms with Crippen LogP contribution >= 0.6 is 11.3 Å². The van der Waals surface area contributed by atoms with Gasteiger partial charge in [-0.1, -0.05) is 44.2 Å². The number of benzene rings is 1. The zero-order valence-corrected chi connectivity index (χ0v) is 15.5. The SMILES string of the molecule is CC(C)c1ncc2c(n1)CCN(Cc1cnc(-c3ccccc3)s1)C2. The Morgan fingerprint density at radius 1 is 1.12 bits per heavy atom. The molecule has 2 aromatic heterocycles. The second-order valence-electron chi connectivity index (χ2n) is 6.81. The lowest BCUT2D eigenvalue weighted by molar-refractivity contribution is 0.244. The molecule has 25 heavy (non-hydrogen) atoms. The van der Waals surface area contributed by atoms with Gasteiger partial charge in [0.15, 0.2) is 0 Å². The van der Waals surface area contributed by atoms with Crippen LogP contribution in [0.25, 0.3) is 10.6 Å². The number of rotatable bonds is 4. The van der Waals surface area contributed by atoms with Gasteiger partial charge in [-0.2, -0.15) is 0 Å². The summed E-state index contributed by atoms with van der Waals surface area (Å²) in [5, 5.41) is 1.10. The van der Waals surface area contributed by atoms with E-state index in [-0.39, 0.29) is 0 Å². The quantitative estimate of drug-likeness (QED) is 0.704. The van der Waals surface area contributed by atoms with Crippen molar-refractivity contribution in [1.29, 1.82) is 0 Å². The van der Waals surface area contributed by atoms with Crippen molar-refractivity contribution >= 4 is 11.3 Å². The lowest BCUT2D eigenvalue weighted by atomic mass is 10.1. The van der Waals surface area contributed by atoms with Gasteiger partial charge in [-0.3, -0.25) is 4.90 Å². The second kappa shape index (κ2) is 7.02. The molecule has 3 aromatic rings. The first-order chi connectivity index (χ1) is 12.2. The van der Waals surface area contributed by atoms with E-state index in [4.69, 9.17) is 4.98 Å². The highest BCUT2D eigenvalue weighted by molar-refractivity contribution is 7.15. The normalized spacial score (nSPS) is 14.7. The molecule has 0 bridgehead atoms. The van der Waals surface area contributed by atoms with Crippen molar-refractivity contribution in [2.24, 2.45) is 0 Å². The van der Waals surface area contributed by atoms with E-state index in [2.05, 4.69) is 53.0 Å². The molecular weight excluding hydrogens is 328 g/mol. The first-order valence-electron chi connectivity index (χ1n) is 8.76. The van der Waals surface area contributed by atoms with Crippen molar-refractivity contribution in [3.05, 3.63) is 64.7 Å². The number of aromatic nitrogens is 3. The minimum absolute atomic E-state index is 0.386. The summed E-state index contributed by atoms with van der Waals surface area (Å²) >= 11 is 1.78. The molecule has 0 spiro atoms. The topological polar surface area (TPSA) is 41.9 Å². The van der Waals surface area contributed by atoms with E-state index in [1.807, 2.05) is 18.5 Å². The van der Waals surface area contributed by atoms with Gasteiger partial charge in [0.1, 0.15) is 10.8 Å². The summed E-state index contributed by atoms with van der Waals surface area (Å²) in [6.45, 7) is 7.19. The largest absolute Gasteiger partial charge is 0.293 e. The fraction of sp³-hybridized carbons (Fsp3) is 0.350. The zero-order valence-electron chi connectivity index (χ0n) is 14.6. The third-order valence-electron chi connectivity index (χ3n) is 4.50. The average Bonchev–Trinajstić information content (AvgIpc) is 3.10. The van der Waals surface area contributed by atoms with Crippen LogP contribution in [0.3, 0.4) is 0 Å². The maximum atomic E-state index is 4.75. The summed E-state index contributed by atoms with van der Waals surface area (Å²) in [5.74, 6) is 1.35. The fourth-order valence-corrected chi connectivity index (χ4v) is 4.08. The molecule has 0 unspecified atom stereocenters. The molecule has 1 aliphatic rings. The zero-order chi connectivity index (χ0) is 17.2. The van der Waals surface area contributed by atoms with Crippen LogP contribution in [0.15, 0.2) is 42.7 Å². The van der Waals surface area contributed by atoms with Crippen LogP contribution in [0, 0.1) is 0 Å². The molecule has 0 saturated heterocycles. The Morgan fingerprint density at radius 2 is 1.96 bits per heavy atom. The number of fused-ring (bicyclic) bond motifs is 1. The molecule has 0 aliphatic carbocycles. The third-order valence-corrected chi connectivity index (χ3v) is 5.53. The van der Waals surface area contributed by atoms with Crippen LogP contribution < -0.4 is 0 Å². The molecule has 4 rings (SSSR count). The highest BCUT2D eigenvalue weighted by atomic mass is 32.1. The maximum Gasteiger partial charge on any atom is 0.131 e. The Morgan fingerprint density at radius 3 is 2.76 bits per heavy atom. The lowest BCUT2D eigenvalue weighted by Crippen LogP contribution is -2.30. The van der Waals surface area contributed by atoms with Crippen molar-refractivity contribution in [2.45, 2.75) is 39.3 Å². The summed E-state index contributed by atoms with van der Waals surface area (Å²) in [6.07, 6.45) is 5.04. The molecule has 5 heteroatoms. The van der Waals surface area contributed by atoms with Crippen LogP contribution in [-0.2, 0) is 19.5 Å².